The van der Waals surface area contributed by atoms with Crippen LogP contribution in [0.5, 0.6) is 5.75 Å². The fourth-order valence-corrected chi connectivity index (χ4v) is 3.86. The summed E-state index contributed by atoms with van der Waals surface area (Å²) < 4.78 is 16.7. The molecule has 0 saturated heterocycles. The second-order valence-corrected chi connectivity index (χ2v) is 6.92. The molecule has 0 fully saturated rings. The number of benzene rings is 2. The van der Waals surface area contributed by atoms with Crippen molar-refractivity contribution in [3.05, 3.63) is 75.6 Å². The molecule has 0 radical (unpaired) electrons. The molecule has 0 saturated carbocycles. The predicted molar refractivity (Wildman–Crippen MR) is 109 cm³/mol. The Balaban J connectivity index is 1.88. The van der Waals surface area contributed by atoms with Crippen LogP contribution in [-0.4, -0.2) is 37.7 Å². The number of ether oxygens (including phenoxy) is 2. The van der Waals surface area contributed by atoms with Crippen LogP contribution in [-0.2, 0) is 4.74 Å². The van der Waals surface area contributed by atoms with E-state index in [1.54, 1.807) is 36.3 Å². The van der Waals surface area contributed by atoms with Gasteiger partial charge in [-0.2, -0.15) is 0 Å². The van der Waals surface area contributed by atoms with Crippen molar-refractivity contribution in [1.29, 1.82) is 0 Å². The van der Waals surface area contributed by atoms with E-state index in [2.05, 4.69) is 0 Å². The topological polar surface area (TPSA) is 69.0 Å². The molecule has 1 atom stereocenters. The summed E-state index contributed by atoms with van der Waals surface area (Å²) in [6.45, 7) is 3.43. The van der Waals surface area contributed by atoms with E-state index < -0.39 is 6.04 Å². The van der Waals surface area contributed by atoms with Crippen molar-refractivity contribution in [3.63, 3.8) is 0 Å². The molecule has 1 aromatic heterocycles. The molecule has 4 rings (SSSR count). The van der Waals surface area contributed by atoms with Gasteiger partial charge in [-0.1, -0.05) is 24.3 Å². The maximum absolute atomic E-state index is 13.3. The SMILES string of the molecule is CCOc1cccc([C@H]2c3c(oc4ccccc4c3=O)C(=O)N2CCCOC)c1. The molecule has 0 aliphatic carbocycles. The number of carbonyl (C=O) groups is 1. The molecule has 150 valence electrons. The first kappa shape index (κ1) is 19.2. The third-order valence-electron chi connectivity index (χ3n) is 5.11. The molecular weight excluding hydrogens is 370 g/mol. The molecule has 29 heavy (non-hydrogen) atoms. The number of fused-ring (bicyclic) bond motifs is 2. The van der Waals surface area contributed by atoms with Crippen molar-refractivity contribution in [3.8, 4) is 5.75 Å². The van der Waals surface area contributed by atoms with Crippen LogP contribution < -0.4 is 10.2 Å². The van der Waals surface area contributed by atoms with Gasteiger partial charge in [0.2, 0.25) is 5.76 Å². The van der Waals surface area contributed by atoms with Gasteiger partial charge in [0.1, 0.15) is 11.3 Å². The minimum Gasteiger partial charge on any atom is -0.494 e. The van der Waals surface area contributed by atoms with E-state index in [0.29, 0.717) is 48.5 Å². The smallest absolute Gasteiger partial charge is 0.290 e. The highest BCUT2D eigenvalue weighted by Gasteiger charge is 2.42. The fourth-order valence-electron chi connectivity index (χ4n) is 3.86. The minimum absolute atomic E-state index is 0.123. The Labute approximate surface area is 168 Å². The van der Waals surface area contributed by atoms with Crippen LogP contribution in [0.3, 0.4) is 0 Å². The minimum atomic E-state index is -0.518. The zero-order valence-electron chi connectivity index (χ0n) is 16.5. The van der Waals surface area contributed by atoms with Crippen LogP contribution in [0.15, 0.2) is 57.7 Å². The van der Waals surface area contributed by atoms with Crippen LogP contribution in [0, 0.1) is 0 Å². The average molecular weight is 393 g/mol. The van der Waals surface area contributed by atoms with E-state index in [-0.39, 0.29) is 17.1 Å². The third-order valence-corrected chi connectivity index (χ3v) is 5.11. The van der Waals surface area contributed by atoms with Gasteiger partial charge in [-0.3, -0.25) is 9.59 Å². The fraction of sp³-hybridized carbons (Fsp3) is 0.304. The summed E-state index contributed by atoms with van der Waals surface area (Å²) in [4.78, 5) is 28.2. The monoisotopic (exact) mass is 393 g/mol. The standard InChI is InChI=1S/C23H23NO5/c1-3-28-16-9-6-8-15(14-16)20-19-21(25)17-10-4-5-11-18(17)29-22(19)23(26)24(20)12-7-13-27-2/h4-6,8-11,14,20H,3,7,12-13H2,1-2H3/t20-/m0/s1. The lowest BCUT2D eigenvalue weighted by atomic mass is 9.98. The van der Waals surface area contributed by atoms with Gasteiger partial charge < -0.3 is 18.8 Å². The summed E-state index contributed by atoms with van der Waals surface area (Å²) in [6, 6.07) is 14.0. The lowest BCUT2D eigenvalue weighted by Crippen LogP contribution is -2.31. The number of nitrogens with zero attached hydrogens (tertiary/aromatic N) is 1. The first-order valence-electron chi connectivity index (χ1n) is 9.74. The first-order valence-corrected chi connectivity index (χ1v) is 9.74. The summed E-state index contributed by atoms with van der Waals surface area (Å²) in [6.07, 6.45) is 0.658. The Morgan fingerprint density at radius 3 is 2.72 bits per heavy atom. The second kappa shape index (κ2) is 8.09. The van der Waals surface area contributed by atoms with Crippen LogP contribution in [0.1, 0.15) is 41.1 Å². The second-order valence-electron chi connectivity index (χ2n) is 6.92. The van der Waals surface area contributed by atoms with E-state index in [4.69, 9.17) is 13.9 Å². The molecule has 6 heteroatoms. The van der Waals surface area contributed by atoms with Crippen LogP contribution in [0.25, 0.3) is 11.0 Å². The number of carbonyl (C=O) groups excluding carboxylic acids is 1. The number of para-hydroxylation sites is 1. The lowest BCUT2D eigenvalue weighted by Gasteiger charge is -2.25. The molecule has 2 aromatic carbocycles. The normalized spacial score (nSPS) is 15.7. The number of amides is 1. The summed E-state index contributed by atoms with van der Waals surface area (Å²) in [5.74, 6) is 0.552. The van der Waals surface area contributed by atoms with E-state index in [0.717, 1.165) is 5.56 Å². The largest absolute Gasteiger partial charge is 0.494 e. The Kier molecular flexibility index (Phi) is 5.36. The summed E-state index contributed by atoms with van der Waals surface area (Å²) in [5.41, 5.74) is 1.46. The van der Waals surface area contributed by atoms with Gasteiger partial charge in [0.25, 0.3) is 5.91 Å². The molecule has 1 amide bonds. The lowest BCUT2D eigenvalue weighted by molar-refractivity contribution is 0.0707. The highest BCUT2D eigenvalue weighted by molar-refractivity contribution is 5.99. The zero-order chi connectivity index (χ0) is 20.4. The van der Waals surface area contributed by atoms with Gasteiger partial charge in [-0.05, 0) is 43.2 Å². The molecule has 2 heterocycles. The Morgan fingerprint density at radius 2 is 1.93 bits per heavy atom. The molecular formula is C23H23NO5. The number of methoxy groups -OCH3 is 1. The van der Waals surface area contributed by atoms with E-state index >= 15 is 0 Å². The van der Waals surface area contributed by atoms with Gasteiger partial charge in [-0.15, -0.1) is 0 Å². The van der Waals surface area contributed by atoms with E-state index in [1.807, 2.05) is 31.2 Å². The summed E-state index contributed by atoms with van der Waals surface area (Å²) >= 11 is 0. The zero-order valence-corrected chi connectivity index (χ0v) is 16.5. The van der Waals surface area contributed by atoms with Gasteiger partial charge >= 0.3 is 0 Å². The van der Waals surface area contributed by atoms with Crippen molar-refractivity contribution >= 4 is 16.9 Å². The molecule has 1 aliphatic rings. The molecule has 1 aliphatic heterocycles. The maximum atomic E-state index is 13.3. The molecule has 6 nitrogen and oxygen atoms in total. The third kappa shape index (κ3) is 3.40. The Bertz CT molecular complexity index is 1100. The Morgan fingerprint density at radius 1 is 1.10 bits per heavy atom. The van der Waals surface area contributed by atoms with E-state index in [1.165, 1.54) is 0 Å². The van der Waals surface area contributed by atoms with Gasteiger partial charge in [-0.25, -0.2) is 0 Å². The van der Waals surface area contributed by atoms with Crippen LogP contribution in [0.4, 0.5) is 0 Å². The highest BCUT2D eigenvalue weighted by Crippen LogP contribution is 2.39. The molecule has 0 spiro atoms. The number of rotatable bonds is 7. The number of hydrogen-bond acceptors (Lipinski definition) is 5. The highest BCUT2D eigenvalue weighted by atomic mass is 16.5. The quantitative estimate of drug-likeness (QED) is 0.572. The van der Waals surface area contributed by atoms with Crippen molar-refractivity contribution in [2.24, 2.45) is 0 Å². The van der Waals surface area contributed by atoms with Crippen molar-refractivity contribution in [1.82, 2.24) is 4.90 Å². The summed E-state index contributed by atoms with van der Waals surface area (Å²) in [5, 5.41) is 0.476. The van der Waals surface area contributed by atoms with Crippen LogP contribution in [0.2, 0.25) is 0 Å². The van der Waals surface area contributed by atoms with Crippen molar-refractivity contribution in [2.45, 2.75) is 19.4 Å². The average Bonchev–Trinajstić information content (AvgIpc) is 3.01. The first-order chi connectivity index (χ1) is 14.2. The van der Waals surface area contributed by atoms with Crippen LogP contribution >= 0.6 is 0 Å². The van der Waals surface area contributed by atoms with E-state index in [9.17, 15) is 9.59 Å². The molecule has 0 bridgehead atoms. The Hall–Kier alpha value is -3.12. The molecule has 0 unspecified atom stereocenters. The van der Waals surface area contributed by atoms with Crippen molar-refractivity contribution < 1.29 is 18.7 Å². The maximum Gasteiger partial charge on any atom is 0.290 e. The summed E-state index contributed by atoms with van der Waals surface area (Å²) in [7, 11) is 1.63. The van der Waals surface area contributed by atoms with Crippen molar-refractivity contribution in [2.75, 3.05) is 26.9 Å². The van der Waals surface area contributed by atoms with Gasteiger partial charge in [0.15, 0.2) is 5.43 Å². The number of hydrogen-bond donors (Lipinski definition) is 0. The predicted octanol–water partition coefficient (Wildman–Crippen LogP) is 3.77. The van der Waals surface area contributed by atoms with Gasteiger partial charge in [0.05, 0.1) is 23.6 Å². The molecule has 3 aromatic rings. The molecule has 0 N–H and O–H groups in total. The van der Waals surface area contributed by atoms with Gasteiger partial charge in [0, 0.05) is 20.3 Å².